The fourth-order valence-electron chi connectivity index (χ4n) is 1.98. The zero-order chi connectivity index (χ0) is 14.5. The van der Waals surface area contributed by atoms with Crippen LogP contribution in [0, 0.1) is 11.3 Å². The van der Waals surface area contributed by atoms with E-state index >= 15 is 0 Å². The molecule has 0 fully saturated rings. The van der Waals surface area contributed by atoms with Crippen molar-refractivity contribution >= 4 is 5.69 Å². The third-order valence-corrected chi connectivity index (χ3v) is 3.03. The first-order chi connectivity index (χ1) is 10.4. The molecule has 21 heavy (non-hydrogen) atoms. The summed E-state index contributed by atoms with van der Waals surface area (Å²) in [6.07, 6.45) is 1.72. The van der Waals surface area contributed by atoms with E-state index in [4.69, 9.17) is 5.26 Å². The molecule has 1 N–H and O–H groups in total. The van der Waals surface area contributed by atoms with E-state index in [-0.39, 0.29) is 0 Å². The van der Waals surface area contributed by atoms with Gasteiger partial charge < -0.3 is 5.32 Å². The predicted molar refractivity (Wildman–Crippen MR) is 79.8 cm³/mol. The summed E-state index contributed by atoms with van der Waals surface area (Å²) >= 11 is 0. The average molecular weight is 275 g/mol. The number of nitrogens with one attached hydrogen (secondary N) is 1. The van der Waals surface area contributed by atoms with Gasteiger partial charge in [-0.2, -0.15) is 20.3 Å². The number of benzene rings is 2. The van der Waals surface area contributed by atoms with Gasteiger partial charge >= 0.3 is 0 Å². The Balaban J connectivity index is 1.72. The average Bonchev–Trinajstić information content (AvgIpc) is 3.03. The Labute approximate surface area is 122 Å². The number of aromatic nitrogens is 3. The molecule has 0 unspecified atom stereocenters. The van der Waals surface area contributed by atoms with Gasteiger partial charge in [0, 0.05) is 0 Å². The van der Waals surface area contributed by atoms with E-state index in [0.29, 0.717) is 12.1 Å². The summed E-state index contributed by atoms with van der Waals surface area (Å²) in [7, 11) is 0. The maximum Gasteiger partial charge on any atom is 0.102 e. The predicted octanol–water partition coefficient (Wildman–Crippen LogP) is 2.75. The molecule has 0 spiro atoms. The maximum absolute atomic E-state index is 9.05. The maximum atomic E-state index is 9.05. The van der Waals surface area contributed by atoms with E-state index in [2.05, 4.69) is 21.6 Å². The van der Waals surface area contributed by atoms with Gasteiger partial charge in [0.05, 0.1) is 29.7 Å². The van der Waals surface area contributed by atoms with Gasteiger partial charge in [-0.3, -0.25) is 0 Å². The number of nitrogens with zero attached hydrogens (tertiary/aromatic N) is 4. The molecular formula is C16H13N5. The first kappa shape index (κ1) is 12.9. The van der Waals surface area contributed by atoms with Crippen LogP contribution in [0.15, 0.2) is 60.8 Å². The molecule has 3 aromatic rings. The fraction of sp³-hybridized carbons (Fsp3) is 0.0625. The van der Waals surface area contributed by atoms with Gasteiger partial charge in [0.2, 0.25) is 0 Å². The summed E-state index contributed by atoms with van der Waals surface area (Å²) in [6.45, 7) is 0.519. The Morgan fingerprint density at radius 1 is 1.05 bits per heavy atom. The number of hydrogen-bond acceptors (Lipinski definition) is 4. The molecule has 0 aliphatic heterocycles. The van der Waals surface area contributed by atoms with Crippen molar-refractivity contribution in [3.8, 4) is 11.8 Å². The normalized spacial score (nSPS) is 10.0. The molecule has 102 valence electrons. The third kappa shape index (κ3) is 2.90. The zero-order valence-electron chi connectivity index (χ0n) is 11.3. The van der Waals surface area contributed by atoms with Crippen molar-refractivity contribution < 1.29 is 0 Å². The fourth-order valence-corrected chi connectivity index (χ4v) is 1.98. The number of nitriles is 1. The Morgan fingerprint density at radius 3 is 2.62 bits per heavy atom. The minimum atomic E-state index is 0.519. The van der Waals surface area contributed by atoms with Crippen LogP contribution in [0.1, 0.15) is 11.3 Å². The summed E-state index contributed by atoms with van der Waals surface area (Å²) in [5, 5.41) is 20.9. The largest absolute Gasteiger partial charge is 0.378 e. The first-order valence-corrected chi connectivity index (χ1v) is 6.56. The second-order valence-corrected chi connectivity index (χ2v) is 4.47. The van der Waals surface area contributed by atoms with Crippen molar-refractivity contribution in [3.63, 3.8) is 0 Å². The lowest BCUT2D eigenvalue weighted by molar-refractivity contribution is 0.740. The molecule has 2 aromatic carbocycles. The molecule has 0 aliphatic rings. The van der Waals surface area contributed by atoms with Crippen LogP contribution in [-0.2, 0) is 6.54 Å². The summed E-state index contributed by atoms with van der Waals surface area (Å²) in [5.74, 6) is 0. The molecule has 5 nitrogen and oxygen atoms in total. The van der Waals surface area contributed by atoms with Crippen molar-refractivity contribution in [1.29, 1.82) is 5.26 Å². The Kier molecular flexibility index (Phi) is 3.61. The van der Waals surface area contributed by atoms with E-state index in [9.17, 15) is 0 Å². The van der Waals surface area contributed by atoms with Gasteiger partial charge in [-0.25, -0.2) is 0 Å². The van der Waals surface area contributed by atoms with Crippen LogP contribution in [0.5, 0.6) is 0 Å². The lowest BCUT2D eigenvalue weighted by Gasteiger charge is -2.05. The molecular weight excluding hydrogens is 262 g/mol. The molecule has 0 aliphatic carbocycles. The molecule has 0 amide bonds. The topological polar surface area (TPSA) is 66.5 Å². The minimum Gasteiger partial charge on any atom is -0.378 e. The van der Waals surface area contributed by atoms with E-state index in [0.717, 1.165) is 17.1 Å². The van der Waals surface area contributed by atoms with Crippen LogP contribution in [-0.4, -0.2) is 15.0 Å². The standard InChI is InChI=1S/C16H13N5/c17-10-13-6-4-5-9-16(13)18-11-14-12-19-21(20-14)15-7-2-1-3-8-15/h1-9,12,18H,11H2. The van der Waals surface area contributed by atoms with Crippen molar-refractivity contribution in [3.05, 3.63) is 72.1 Å². The molecule has 0 saturated carbocycles. The Bertz CT molecular complexity index is 771. The van der Waals surface area contributed by atoms with Crippen LogP contribution < -0.4 is 5.32 Å². The number of para-hydroxylation sites is 2. The van der Waals surface area contributed by atoms with Crippen molar-refractivity contribution in [2.45, 2.75) is 6.54 Å². The van der Waals surface area contributed by atoms with Crippen molar-refractivity contribution in [2.75, 3.05) is 5.32 Å². The third-order valence-electron chi connectivity index (χ3n) is 3.03. The first-order valence-electron chi connectivity index (χ1n) is 6.56. The summed E-state index contributed by atoms with van der Waals surface area (Å²) < 4.78 is 0. The van der Waals surface area contributed by atoms with Crippen LogP contribution in [0.25, 0.3) is 5.69 Å². The Morgan fingerprint density at radius 2 is 1.81 bits per heavy atom. The summed E-state index contributed by atoms with van der Waals surface area (Å²) in [6, 6.07) is 19.3. The highest BCUT2D eigenvalue weighted by Crippen LogP contribution is 2.14. The Hall–Kier alpha value is -3.13. The molecule has 0 radical (unpaired) electrons. The smallest absolute Gasteiger partial charge is 0.102 e. The van der Waals surface area contributed by atoms with Crippen molar-refractivity contribution in [2.24, 2.45) is 0 Å². The van der Waals surface area contributed by atoms with Gasteiger partial charge in [0.1, 0.15) is 11.8 Å². The highest BCUT2D eigenvalue weighted by Gasteiger charge is 2.04. The van der Waals surface area contributed by atoms with E-state index in [1.54, 1.807) is 17.1 Å². The molecule has 0 bridgehead atoms. The van der Waals surface area contributed by atoms with E-state index < -0.39 is 0 Å². The van der Waals surface area contributed by atoms with Crippen LogP contribution in [0.4, 0.5) is 5.69 Å². The van der Waals surface area contributed by atoms with Gasteiger partial charge in [0.25, 0.3) is 0 Å². The summed E-state index contributed by atoms with van der Waals surface area (Å²) in [4.78, 5) is 1.59. The molecule has 5 heteroatoms. The lowest BCUT2D eigenvalue weighted by atomic mass is 10.2. The van der Waals surface area contributed by atoms with Gasteiger partial charge in [-0.1, -0.05) is 30.3 Å². The zero-order valence-corrected chi connectivity index (χ0v) is 11.3. The quantitative estimate of drug-likeness (QED) is 0.795. The highest BCUT2D eigenvalue weighted by atomic mass is 15.5. The van der Waals surface area contributed by atoms with E-state index in [1.807, 2.05) is 48.5 Å². The van der Waals surface area contributed by atoms with E-state index in [1.165, 1.54) is 0 Å². The molecule has 0 saturated heterocycles. The second kappa shape index (κ2) is 5.88. The number of anilines is 1. The molecule has 0 atom stereocenters. The van der Waals surface area contributed by atoms with Gasteiger partial charge in [0.15, 0.2) is 0 Å². The lowest BCUT2D eigenvalue weighted by Crippen LogP contribution is -2.03. The van der Waals surface area contributed by atoms with Gasteiger partial charge in [-0.05, 0) is 24.3 Å². The van der Waals surface area contributed by atoms with Gasteiger partial charge in [-0.15, -0.1) is 0 Å². The highest BCUT2D eigenvalue weighted by molar-refractivity contribution is 5.57. The second-order valence-electron chi connectivity index (χ2n) is 4.47. The molecule has 3 rings (SSSR count). The SMILES string of the molecule is N#Cc1ccccc1NCc1cnn(-c2ccccc2)n1. The number of rotatable bonds is 4. The van der Waals surface area contributed by atoms with Crippen molar-refractivity contribution in [1.82, 2.24) is 15.0 Å². The number of hydrogen-bond donors (Lipinski definition) is 1. The monoisotopic (exact) mass is 275 g/mol. The van der Waals surface area contributed by atoms with Crippen LogP contribution >= 0.6 is 0 Å². The molecule has 1 aromatic heterocycles. The van der Waals surface area contributed by atoms with Crippen LogP contribution in [0.3, 0.4) is 0 Å². The van der Waals surface area contributed by atoms with Crippen LogP contribution in [0.2, 0.25) is 0 Å². The minimum absolute atomic E-state index is 0.519. The summed E-state index contributed by atoms with van der Waals surface area (Å²) in [5.41, 5.74) is 3.15. The molecule has 1 heterocycles.